The Morgan fingerprint density at radius 1 is 1.26 bits per heavy atom. The van der Waals surface area contributed by atoms with Gasteiger partial charge in [0, 0.05) is 17.7 Å². The van der Waals surface area contributed by atoms with Gasteiger partial charge in [-0.3, -0.25) is 4.68 Å². The first kappa shape index (κ1) is 13.6. The maximum absolute atomic E-state index is 9.23. The summed E-state index contributed by atoms with van der Waals surface area (Å²) in [6.45, 7) is 4.40. The summed E-state index contributed by atoms with van der Waals surface area (Å²) in [6.07, 6.45) is 1.90. The first-order chi connectivity index (χ1) is 9.08. The number of hydrogen-bond acceptors (Lipinski definition) is 4. The number of ether oxygens (including phenoxy) is 1. The zero-order valence-electron chi connectivity index (χ0n) is 11.0. The van der Waals surface area contributed by atoms with E-state index in [4.69, 9.17) is 4.74 Å². The minimum Gasteiger partial charge on any atom is -0.488 e. The monoisotopic (exact) mass is 260 g/mol. The summed E-state index contributed by atoms with van der Waals surface area (Å²) in [5.41, 5.74) is 1.15. The van der Waals surface area contributed by atoms with Gasteiger partial charge in [-0.2, -0.15) is 5.10 Å². The first-order valence-corrected chi connectivity index (χ1v) is 6.20. The smallest absolute Gasteiger partial charge is 0.488 e. The summed E-state index contributed by atoms with van der Waals surface area (Å²) in [6, 6.07) is 9.03. The quantitative estimate of drug-likeness (QED) is 0.777. The van der Waals surface area contributed by atoms with Crippen LogP contribution in [-0.2, 0) is 6.61 Å². The lowest BCUT2D eigenvalue weighted by atomic mass is 9.79. The van der Waals surface area contributed by atoms with Gasteiger partial charge in [0.15, 0.2) is 0 Å². The van der Waals surface area contributed by atoms with E-state index < -0.39 is 7.12 Å². The molecule has 0 amide bonds. The van der Waals surface area contributed by atoms with E-state index in [1.807, 2.05) is 16.9 Å². The largest absolute Gasteiger partial charge is 0.492 e. The van der Waals surface area contributed by atoms with E-state index >= 15 is 0 Å². The Labute approximate surface area is 112 Å². The van der Waals surface area contributed by atoms with Crippen LogP contribution in [0.2, 0.25) is 0 Å². The highest BCUT2D eigenvalue weighted by Gasteiger charge is 2.16. The summed E-state index contributed by atoms with van der Waals surface area (Å²) in [5, 5.41) is 22.8. The summed E-state index contributed by atoms with van der Waals surface area (Å²) >= 11 is 0. The number of aromatic nitrogens is 2. The molecule has 0 saturated carbocycles. The maximum atomic E-state index is 9.23. The molecule has 1 aromatic carbocycles. The molecule has 5 nitrogen and oxygen atoms in total. The minimum absolute atomic E-state index is 0.295. The average molecular weight is 260 g/mol. The van der Waals surface area contributed by atoms with Crippen molar-refractivity contribution in [2.75, 3.05) is 0 Å². The molecule has 0 aliphatic rings. The third kappa shape index (κ3) is 3.36. The molecule has 2 rings (SSSR count). The van der Waals surface area contributed by atoms with E-state index in [9.17, 15) is 10.0 Å². The summed E-state index contributed by atoms with van der Waals surface area (Å²) in [4.78, 5) is 0. The summed E-state index contributed by atoms with van der Waals surface area (Å²) in [7, 11) is -1.54. The van der Waals surface area contributed by atoms with Crippen molar-refractivity contribution in [1.82, 2.24) is 9.78 Å². The number of benzene rings is 1. The standard InChI is InChI=1S/C13H17BN2O3/c1-10(2)16-8-7-11(15-16)9-19-13-6-4-3-5-12(13)14(17)18/h3-8,10,17-18H,9H2,1-2H3. The Bertz CT molecular complexity index is 540. The molecule has 6 heteroatoms. The van der Waals surface area contributed by atoms with Gasteiger partial charge in [-0.1, -0.05) is 18.2 Å². The van der Waals surface area contributed by atoms with Gasteiger partial charge in [0.05, 0.1) is 5.69 Å². The lowest BCUT2D eigenvalue weighted by Gasteiger charge is -2.09. The number of hydrogen-bond donors (Lipinski definition) is 2. The van der Waals surface area contributed by atoms with E-state index in [1.165, 1.54) is 0 Å². The van der Waals surface area contributed by atoms with Crippen molar-refractivity contribution in [1.29, 1.82) is 0 Å². The van der Waals surface area contributed by atoms with Crippen molar-refractivity contribution >= 4 is 12.6 Å². The molecular formula is C13H17BN2O3. The van der Waals surface area contributed by atoms with Gasteiger partial charge in [-0.15, -0.1) is 0 Å². The van der Waals surface area contributed by atoms with Gasteiger partial charge >= 0.3 is 7.12 Å². The molecule has 0 unspecified atom stereocenters. The SMILES string of the molecule is CC(C)n1ccc(COc2ccccc2B(O)O)n1. The van der Waals surface area contributed by atoms with E-state index in [0.29, 0.717) is 23.9 Å². The number of nitrogens with zero attached hydrogens (tertiary/aromatic N) is 2. The molecular weight excluding hydrogens is 243 g/mol. The van der Waals surface area contributed by atoms with Crippen LogP contribution in [0.4, 0.5) is 0 Å². The van der Waals surface area contributed by atoms with E-state index in [0.717, 1.165) is 5.69 Å². The highest BCUT2D eigenvalue weighted by molar-refractivity contribution is 6.59. The zero-order valence-corrected chi connectivity index (χ0v) is 11.0. The molecule has 0 spiro atoms. The van der Waals surface area contributed by atoms with Crippen LogP contribution in [0.5, 0.6) is 5.75 Å². The lowest BCUT2D eigenvalue weighted by Crippen LogP contribution is -2.31. The predicted molar refractivity (Wildman–Crippen MR) is 73.2 cm³/mol. The molecule has 0 radical (unpaired) electrons. The molecule has 1 heterocycles. The third-order valence-corrected chi connectivity index (χ3v) is 2.77. The fraction of sp³-hybridized carbons (Fsp3) is 0.308. The van der Waals surface area contributed by atoms with Crippen molar-refractivity contribution in [3.63, 3.8) is 0 Å². The fourth-order valence-corrected chi connectivity index (χ4v) is 1.72. The van der Waals surface area contributed by atoms with Crippen molar-refractivity contribution in [2.24, 2.45) is 0 Å². The molecule has 0 aliphatic carbocycles. The van der Waals surface area contributed by atoms with E-state index in [-0.39, 0.29) is 0 Å². The fourth-order valence-electron chi connectivity index (χ4n) is 1.72. The van der Waals surface area contributed by atoms with E-state index in [1.54, 1.807) is 24.3 Å². The van der Waals surface area contributed by atoms with Crippen molar-refractivity contribution in [3.05, 3.63) is 42.2 Å². The molecule has 0 saturated heterocycles. The third-order valence-electron chi connectivity index (χ3n) is 2.77. The average Bonchev–Trinajstić information content (AvgIpc) is 2.85. The first-order valence-electron chi connectivity index (χ1n) is 6.20. The zero-order chi connectivity index (χ0) is 13.8. The normalized spacial score (nSPS) is 10.8. The van der Waals surface area contributed by atoms with Gasteiger partial charge in [0.25, 0.3) is 0 Å². The Morgan fingerprint density at radius 3 is 2.63 bits per heavy atom. The second-order valence-corrected chi connectivity index (χ2v) is 4.58. The minimum atomic E-state index is -1.54. The Balaban J connectivity index is 2.06. The Hall–Kier alpha value is -1.79. The lowest BCUT2D eigenvalue weighted by molar-refractivity contribution is 0.299. The highest BCUT2D eigenvalue weighted by atomic mass is 16.5. The van der Waals surface area contributed by atoms with Crippen LogP contribution >= 0.6 is 0 Å². The summed E-state index contributed by atoms with van der Waals surface area (Å²) < 4.78 is 7.43. The molecule has 0 atom stereocenters. The second-order valence-electron chi connectivity index (χ2n) is 4.58. The molecule has 0 bridgehead atoms. The second kappa shape index (κ2) is 5.90. The predicted octanol–water partition coefficient (Wildman–Crippen LogP) is 0.723. The Morgan fingerprint density at radius 2 is 2.00 bits per heavy atom. The number of rotatable bonds is 5. The van der Waals surface area contributed by atoms with Gasteiger partial charge in [-0.25, -0.2) is 0 Å². The van der Waals surface area contributed by atoms with Crippen LogP contribution in [0, 0.1) is 0 Å². The van der Waals surface area contributed by atoms with Gasteiger partial charge in [0.1, 0.15) is 12.4 Å². The van der Waals surface area contributed by atoms with Crippen molar-refractivity contribution in [3.8, 4) is 5.75 Å². The summed E-state index contributed by atoms with van der Waals surface area (Å²) in [5.74, 6) is 0.455. The molecule has 0 fully saturated rings. The van der Waals surface area contributed by atoms with Crippen LogP contribution in [0.1, 0.15) is 25.6 Å². The van der Waals surface area contributed by atoms with Crippen LogP contribution in [-0.4, -0.2) is 26.9 Å². The van der Waals surface area contributed by atoms with E-state index in [2.05, 4.69) is 18.9 Å². The molecule has 2 N–H and O–H groups in total. The molecule has 0 aliphatic heterocycles. The topological polar surface area (TPSA) is 67.5 Å². The van der Waals surface area contributed by atoms with Crippen LogP contribution in [0.25, 0.3) is 0 Å². The van der Waals surface area contributed by atoms with Crippen LogP contribution in [0.15, 0.2) is 36.5 Å². The molecule has 1 aromatic heterocycles. The maximum Gasteiger partial charge on any atom is 0.492 e. The van der Waals surface area contributed by atoms with Gasteiger partial charge in [-0.05, 0) is 26.0 Å². The van der Waals surface area contributed by atoms with Crippen molar-refractivity contribution in [2.45, 2.75) is 26.5 Å². The van der Waals surface area contributed by atoms with Crippen LogP contribution < -0.4 is 10.2 Å². The van der Waals surface area contributed by atoms with Crippen molar-refractivity contribution < 1.29 is 14.8 Å². The Kier molecular flexibility index (Phi) is 4.24. The highest BCUT2D eigenvalue weighted by Crippen LogP contribution is 2.11. The van der Waals surface area contributed by atoms with Gasteiger partial charge < -0.3 is 14.8 Å². The molecule has 2 aromatic rings. The molecule has 19 heavy (non-hydrogen) atoms. The molecule has 100 valence electrons. The van der Waals surface area contributed by atoms with Crippen LogP contribution in [0.3, 0.4) is 0 Å². The number of para-hydroxylation sites is 1. The van der Waals surface area contributed by atoms with Gasteiger partial charge in [0.2, 0.25) is 0 Å².